The third-order valence-corrected chi connectivity index (χ3v) is 3.05. The molecular weight excluding hydrogens is 218 g/mol. The predicted molar refractivity (Wildman–Crippen MR) is 58.1 cm³/mol. The van der Waals surface area contributed by atoms with E-state index < -0.39 is 0 Å². The molecule has 0 amide bonds. The molecule has 0 N–H and O–H groups in total. The Hall–Kier alpha value is -2.04. The average molecular weight is 231 g/mol. The quantitative estimate of drug-likeness (QED) is 0.693. The Morgan fingerprint density at radius 3 is 2.76 bits per heavy atom. The van der Waals surface area contributed by atoms with Gasteiger partial charge in [-0.05, 0) is 30.7 Å². The number of ether oxygens (including phenoxy) is 1. The summed E-state index contributed by atoms with van der Waals surface area (Å²) in [4.78, 5) is 0. The van der Waals surface area contributed by atoms with Crippen molar-refractivity contribution in [1.82, 2.24) is 9.90 Å². The molecule has 0 radical (unpaired) electrons. The van der Waals surface area contributed by atoms with Gasteiger partial charge in [-0.15, -0.1) is 9.36 Å². The third-order valence-electron chi connectivity index (χ3n) is 3.05. The van der Waals surface area contributed by atoms with Gasteiger partial charge in [-0.1, -0.05) is 0 Å². The van der Waals surface area contributed by atoms with Crippen molar-refractivity contribution < 1.29 is 14.5 Å². The van der Waals surface area contributed by atoms with Crippen LogP contribution in [0.25, 0.3) is 5.69 Å². The van der Waals surface area contributed by atoms with Gasteiger partial charge in [-0.2, -0.15) is 0 Å². The van der Waals surface area contributed by atoms with E-state index in [9.17, 15) is 5.11 Å². The third kappa shape index (κ3) is 1.54. The van der Waals surface area contributed by atoms with Crippen LogP contribution in [-0.4, -0.2) is 17.0 Å². The highest BCUT2D eigenvalue weighted by Crippen LogP contribution is 2.21. The molecule has 0 atom stereocenters. The average Bonchev–Trinajstić information content (AvgIpc) is 2.93. The molecule has 17 heavy (non-hydrogen) atoms. The largest absolute Gasteiger partial charge is 0.838 e. The van der Waals surface area contributed by atoms with Crippen LogP contribution in [0.15, 0.2) is 24.3 Å². The van der Waals surface area contributed by atoms with Gasteiger partial charge in [0.25, 0.3) is 0 Å². The van der Waals surface area contributed by atoms with Crippen molar-refractivity contribution >= 4 is 0 Å². The highest BCUT2D eigenvalue weighted by atomic mass is 16.5. The number of benzene rings is 1. The van der Waals surface area contributed by atoms with Gasteiger partial charge in [0, 0.05) is 6.42 Å². The van der Waals surface area contributed by atoms with Crippen LogP contribution in [0.5, 0.6) is 11.6 Å². The fraction of sp³-hybridized carbons (Fsp3) is 0.333. The van der Waals surface area contributed by atoms with E-state index in [1.165, 1.54) is 4.68 Å². The number of aromatic nitrogens is 3. The molecule has 5 heteroatoms. The first-order chi connectivity index (χ1) is 8.29. The maximum absolute atomic E-state index is 12.1. The zero-order valence-corrected chi connectivity index (χ0v) is 9.59. The van der Waals surface area contributed by atoms with Crippen LogP contribution in [-0.2, 0) is 13.0 Å². The van der Waals surface area contributed by atoms with Gasteiger partial charge in [0.05, 0.1) is 12.3 Å². The summed E-state index contributed by atoms with van der Waals surface area (Å²) in [6, 6.07) is 7.32. The Morgan fingerprint density at radius 2 is 2.12 bits per heavy atom. The molecule has 0 bridgehead atoms. The molecule has 0 aliphatic carbocycles. The lowest BCUT2D eigenvalue weighted by Gasteiger charge is -2.03. The molecule has 0 saturated carbocycles. The molecular formula is C12H13N3O2. The number of fused-ring (bicyclic) bond motifs is 1. The smallest absolute Gasteiger partial charge is 0.161 e. The van der Waals surface area contributed by atoms with E-state index in [-0.39, 0.29) is 5.88 Å². The van der Waals surface area contributed by atoms with Crippen molar-refractivity contribution in [2.75, 3.05) is 7.11 Å². The summed E-state index contributed by atoms with van der Waals surface area (Å²) < 4.78 is 8.33. The molecule has 1 aromatic carbocycles. The minimum atomic E-state index is -0.00679. The van der Waals surface area contributed by atoms with Crippen molar-refractivity contribution in [3.63, 3.8) is 0 Å². The topological polar surface area (TPSA) is 54.0 Å². The molecule has 88 valence electrons. The molecule has 1 aliphatic rings. The minimum absolute atomic E-state index is 0.00679. The van der Waals surface area contributed by atoms with Crippen molar-refractivity contribution in [2.45, 2.75) is 19.4 Å². The maximum Gasteiger partial charge on any atom is 0.161 e. The molecule has 0 unspecified atom stereocenters. The van der Waals surface area contributed by atoms with Crippen molar-refractivity contribution in [3.05, 3.63) is 30.0 Å². The summed E-state index contributed by atoms with van der Waals surface area (Å²) in [5, 5.41) is 16.4. The predicted octanol–water partition coefficient (Wildman–Crippen LogP) is 0.188. The van der Waals surface area contributed by atoms with Crippen molar-refractivity contribution in [2.24, 2.45) is 0 Å². The lowest BCUT2D eigenvalue weighted by molar-refractivity contribution is -0.749. The van der Waals surface area contributed by atoms with Gasteiger partial charge in [0.2, 0.25) is 0 Å². The number of methoxy groups -OCH3 is 1. The normalized spacial score (nSPS) is 13.7. The second-order valence-electron chi connectivity index (χ2n) is 4.08. The summed E-state index contributed by atoms with van der Waals surface area (Å²) in [6.07, 6.45) is 1.84. The number of hydrogen-bond donors (Lipinski definition) is 0. The lowest BCUT2D eigenvalue weighted by atomic mass is 10.3. The van der Waals surface area contributed by atoms with E-state index in [2.05, 4.69) is 5.21 Å². The first-order valence-electron chi connectivity index (χ1n) is 5.63. The van der Waals surface area contributed by atoms with E-state index in [0.29, 0.717) is 0 Å². The summed E-state index contributed by atoms with van der Waals surface area (Å²) in [7, 11) is 1.62. The van der Waals surface area contributed by atoms with E-state index in [1.54, 1.807) is 11.8 Å². The minimum Gasteiger partial charge on any atom is -0.838 e. The number of aryl methyl sites for hydroxylation is 1. The molecule has 0 spiro atoms. The maximum atomic E-state index is 12.1. The molecule has 2 heterocycles. The van der Waals surface area contributed by atoms with Gasteiger partial charge < -0.3 is 9.84 Å². The highest BCUT2D eigenvalue weighted by Gasteiger charge is 2.24. The van der Waals surface area contributed by atoms with Gasteiger partial charge in [-0.3, -0.25) is 0 Å². The Balaban J connectivity index is 2.03. The second-order valence-corrected chi connectivity index (χ2v) is 4.08. The molecule has 1 aromatic heterocycles. The van der Waals surface area contributed by atoms with Gasteiger partial charge in [-0.25, -0.2) is 0 Å². The van der Waals surface area contributed by atoms with Crippen LogP contribution in [0.2, 0.25) is 0 Å². The fourth-order valence-electron chi connectivity index (χ4n) is 2.14. The monoisotopic (exact) mass is 231 g/mol. The van der Waals surface area contributed by atoms with Crippen LogP contribution in [0, 0.1) is 0 Å². The second kappa shape index (κ2) is 3.76. The summed E-state index contributed by atoms with van der Waals surface area (Å²) in [6.45, 7) is 0.841. The van der Waals surface area contributed by atoms with E-state index >= 15 is 0 Å². The van der Waals surface area contributed by atoms with Gasteiger partial charge in [0.1, 0.15) is 18.2 Å². The van der Waals surface area contributed by atoms with E-state index in [4.69, 9.17) is 4.74 Å². The van der Waals surface area contributed by atoms with Crippen LogP contribution in [0.3, 0.4) is 0 Å². The summed E-state index contributed by atoms with van der Waals surface area (Å²) in [5.74, 6) is 0.765. The molecule has 1 aliphatic heterocycles. The SMILES string of the molecule is COc1ccc(-n2n[n+]3c(c2[O-])CCC3)cc1. The van der Waals surface area contributed by atoms with E-state index in [0.717, 1.165) is 36.5 Å². The van der Waals surface area contributed by atoms with Gasteiger partial charge in [0.15, 0.2) is 11.4 Å². The molecule has 3 rings (SSSR count). The molecule has 5 nitrogen and oxygen atoms in total. The van der Waals surface area contributed by atoms with Crippen LogP contribution >= 0.6 is 0 Å². The Labute approximate surface area is 98.9 Å². The molecule has 0 saturated heterocycles. The van der Waals surface area contributed by atoms with Crippen LogP contribution in [0.1, 0.15) is 12.1 Å². The van der Waals surface area contributed by atoms with Crippen molar-refractivity contribution in [1.29, 1.82) is 0 Å². The summed E-state index contributed by atoms with van der Waals surface area (Å²) in [5.41, 5.74) is 1.58. The zero-order chi connectivity index (χ0) is 11.8. The number of nitrogens with zero attached hydrogens (tertiary/aromatic N) is 3. The highest BCUT2D eigenvalue weighted by molar-refractivity contribution is 5.38. The Morgan fingerprint density at radius 1 is 1.35 bits per heavy atom. The summed E-state index contributed by atoms with van der Waals surface area (Å²) >= 11 is 0. The standard InChI is InChI=1S/C12H13N3O2/c1-17-10-6-4-9(5-7-10)15-12(16)11-3-2-8-14(11)13-15/h4-7H,2-3,8H2,1H3. The lowest BCUT2D eigenvalue weighted by Crippen LogP contribution is -2.35. The van der Waals surface area contributed by atoms with Crippen LogP contribution in [0.4, 0.5) is 0 Å². The van der Waals surface area contributed by atoms with Crippen molar-refractivity contribution in [3.8, 4) is 17.3 Å². The fourth-order valence-corrected chi connectivity index (χ4v) is 2.14. The Kier molecular flexibility index (Phi) is 2.24. The zero-order valence-electron chi connectivity index (χ0n) is 9.59. The number of rotatable bonds is 2. The first kappa shape index (κ1) is 10.1. The van der Waals surface area contributed by atoms with E-state index in [1.807, 2.05) is 24.3 Å². The first-order valence-corrected chi connectivity index (χ1v) is 5.63. The number of hydrogen-bond acceptors (Lipinski definition) is 3. The molecule has 2 aromatic rings. The Bertz CT molecular complexity index is 546. The molecule has 0 fully saturated rings. The van der Waals surface area contributed by atoms with Crippen LogP contribution < -0.4 is 14.5 Å². The van der Waals surface area contributed by atoms with Gasteiger partial charge >= 0.3 is 0 Å².